The van der Waals surface area contributed by atoms with E-state index >= 15 is 0 Å². The number of rotatable bonds is 5. The van der Waals surface area contributed by atoms with E-state index < -0.39 is 21.1 Å². The molecular formula is C12H16O5S. The van der Waals surface area contributed by atoms with Crippen LogP contribution in [-0.2, 0) is 19.4 Å². The number of sulfone groups is 1. The molecule has 1 N–H and O–H groups in total. The summed E-state index contributed by atoms with van der Waals surface area (Å²) in [7, 11) is -2.66. The average Bonchev–Trinajstić information content (AvgIpc) is 2.24. The molecule has 0 aliphatic carbocycles. The number of methoxy groups -OCH3 is 1. The molecule has 0 amide bonds. The maximum atomic E-state index is 12.2. The number of ether oxygens (including phenoxy) is 1. The molecule has 100 valence electrons. The van der Waals surface area contributed by atoms with Gasteiger partial charge in [0.15, 0.2) is 15.1 Å². The van der Waals surface area contributed by atoms with E-state index in [2.05, 4.69) is 4.74 Å². The highest BCUT2D eigenvalue weighted by molar-refractivity contribution is 7.92. The first-order chi connectivity index (χ1) is 8.30. The fourth-order valence-electron chi connectivity index (χ4n) is 1.72. The Kier molecular flexibility index (Phi) is 4.48. The van der Waals surface area contributed by atoms with Gasteiger partial charge in [-0.25, -0.2) is 8.42 Å². The summed E-state index contributed by atoms with van der Waals surface area (Å²) < 4.78 is 29.1. The molecule has 0 heterocycles. The van der Waals surface area contributed by atoms with Crippen LogP contribution >= 0.6 is 0 Å². The summed E-state index contributed by atoms with van der Waals surface area (Å²) in [5, 5.41) is 7.41. The Morgan fingerprint density at radius 2 is 2.00 bits per heavy atom. The fourth-order valence-corrected chi connectivity index (χ4v) is 3.37. The molecule has 1 aromatic rings. The van der Waals surface area contributed by atoms with Crippen LogP contribution in [0.25, 0.3) is 0 Å². The number of carbonyl (C=O) groups is 1. The highest BCUT2D eigenvalue weighted by Crippen LogP contribution is 2.21. The van der Waals surface area contributed by atoms with E-state index in [0.29, 0.717) is 5.56 Å². The van der Waals surface area contributed by atoms with Gasteiger partial charge >= 0.3 is 5.97 Å². The Bertz CT molecular complexity index is 548. The Labute approximate surface area is 106 Å². The zero-order valence-electron chi connectivity index (χ0n) is 10.5. The number of benzene rings is 1. The van der Waals surface area contributed by atoms with E-state index in [1.165, 1.54) is 13.2 Å². The number of carboxylic acids is 1. The van der Waals surface area contributed by atoms with Gasteiger partial charge in [0, 0.05) is 7.11 Å². The first kappa shape index (κ1) is 14.7. The van der Waals surface area contributed by atoms with Gasteiger partial charge in [-0.05, 0) is 25.5 Å². The number of hydrogen-bond donors (Lipinski definition) is 1. The lowest BCUT2D eigenvalue weighted by Crippen LogP contribution is -2.34. The van der Waals surface area contributed by atoms with Gasteiger partial charge in [0.1, 0.15) is 0 Å². The van der Waals surface area contributed by atoms with Crippen molar-refractivity contribution in [2.24, 2.45) is 0 Å². The van der Waals surface area contributed by atoms with Crippen molar-refractivity contribution >= 4 is 15.8 Å². The fraction of sp³-hybridized carbons (Fsp3) is 0.417. The Morgan fingerprint density at radius 1 is 1.39 bits per heavy atom. The Balaban J connectivity index is 3.31. The maximum absolute atomic E-state index is 12.2. The lowest BCUT2D eigenvalue weighted by molar-refractivity contribution is -0.137. The molecule has 18 heavy (non-hydrogen) atoms. The van der Waals surface area contributed by atoms with Crippen LogP contribution in [-0.4, -0.2) is 38.5 Å². The molecule has 0 saturated heterocycles. The van der Waals surface area contributed by atoms with E-state index in [1.807, 2.05) is 6.92 Å². The highest BCUT2D eigenvalue weighted by atomic mass is 32.2. The smallest absolute Gasteiger partial charge is 0.324 e. The molecule has 0 aliphatic heterocycles. The minimum Gasteiger partial charge on any atom is -0.480 e. The highest BCUT2D eigenvalue weighted by Gasteiger charge is 2.34. The molecule has 6 heteroatoms. The first-order valence-electron chi connectivity index (χ1n) is 5.33. The third kappa shape index (κ3) is 2.88. The third-order valence-electron chi connectivity index (χ3n) is 2.61. The molecule has 1 unspecified atom stereocenters. The van der Waals surface area contributed by atoms with Crippen LogP contribution in [0.1, 0.15) is 11.1 Å². The molecule has 1 aromatic carbocycles. The van der Waals surface area contributed by atoms with Gasteiger partial charge in [-0.15, -0.1) is 0 Å². The molecule has 0 aromatic heterocycles. The molecule has 1 rings (SSSR count). The summed E-state index contributed by atoms with van der Waals surface area (Å²) in [6.45, 7) is 3.11. The molecule has 0 saturated carbocycles. The van der Waals surface area contributed by atoms with Crippen molar-refractivity contribution in [3.8, 4) is 0 Å². The summed E-state index contributed by atoms with van der Waals surface area (Å²) in [6.07, 6.45) is 0. The van der Waals surface area contributed by atoms with Gasteiger partial charge in [-0.3, -0.25) is 4.79 Å². The predicted octanol–water partition coefficient (Wildman–Crippen LogP) is 1.18. The molecule has 0 bridgehead atoms. The molecule has 0 fully saturated rings. The Morgan fingerprint density at radius 3 is 2.44 bits per heavy atom. The second-order valence-corrected chi connectivity index (χ2v) is 6.20. The number of carboxylic acid groups (broad SMARTS) is 1. The summed E-state index contributed by atoms with van der Waals surface area (Å²) in [4.78, 5) is 11.1. The monoisotopic (exact) mass is 272 g/mol. The van der Waals surface area contributed by atoms with Crippen LogP contribution in [0.3, 0.4) is 0 Å². The van der Waals surface area contributed by atoms with Gasteiger partial charge in [0.05, 0.1) is 11.5 Å². The molecule has 5 nitrogen and oxygen atoms in total. The minimum absolute atomic E-state index is 0.0394. The lowest BCUT2D eigenvalue weighted by atomic mass is 10.2. The number of hydrogen-bond acceptors (Lipinski definition) is 4. The number of aryl methyl sites for hydroxylation is 2. The maximum Gasteiger partial charge on any atom is 0.324 e. The molecule has 0 radical (unpaired) electrons. The summed E-state index contributed by atoms with van der Waals surface area (Å²) in [5.41, 5.74) is 1.46. The van der Waals surface area contributed by atoms with E-state index in [0.717, 1.165) is 5.56 Å². The van der Waals surface area contributed by atoms with Crippen molar-refractivity contribution in [3.05, 3.63) is 29.3 Å². The molecule has 0 spiro atoms. The van der Waals surface area contributed by atoms with Gasteiger partial charge in [-0.2, -0.15) is 0 Å². The topological polar surface area (TPSA) is 80.7 Å². The number of aliphatic carboxylic acids is 1. The molecule has 0 aliphatic rings. The van der Waals surface area contributed by atoms with Crippen LogP contribution in [0.2, 0.25) is 0 Å². The van der Waals surface area contributed by atoms with E-state index in [4.69, 9.17) is 5.11 Å². The summed E-state index contributed by atoms with van der Waals surface area (Å²) in [5.74, 6) is -1.41. The van der Waals surface area contributed by atoms with Gasteiger partial charge < -0.3 is 9.84 Å². The van der Waals surface area contributed by atoms with E-state index in [1.54, 1.807) is 19.1 Å². The summed E-state index contributed by atoms with van der Waals surface area (Å²) in [6, 6.07) is 4.79. The molecule has 1 atom stereocenters. The average molecular weight is 272 g/mol. The van der Waals surface area contributed by atoms with E-state index in [9.17, 15) is 13.2 Å². The van der Waals surface area contributed by atoms with Crippen molar-refractivity contribution < 1.29 is 23.1 Å². The standard InChI is InChI=1S/C12H16O5S/c1-8-4-5-10(9(2)6-8)18(15,16)11(7-17-3)12(13)14/h4-6,11H,7H2,1-3H3,(H,13,14). The van der Waals surface area contributed by atoms with Crippen molar-refractivity contribution in [1.82, 2.24) is 0 Å². The van der Waals surface area contributed by atoms with Gasteiger partial charge in [-0.1, -0.05) is 17.7 Å². The van der Waals surface area contributed by atoms with Crippen LogP contribution in [0.5, 0.6) is 0 Å². The molecular weight excluding hydrogens is 256 g/mol. The Hall–Kier alpha value is -1.40. The zero-order valence-corrected chi connectivity index (χ0v) is 11.3. The van der Waals surface area contributed by atoms with E-state index in [-0.39, 0.29) is 11.5 Å². The second-order valence-electron chi connectivity index (χ2n) is 4.10. The van der Waals surface area contributed by atoms with Crippen LogP contribution in [0, 0.1) is 13.8 Å². The van der Waals surface area contributed by atoms with Crippen molar-refractivity contribution in [3.63, 3.8) is 0 Å². The van der Waals surface area contributed by atoms with Crippen molar-refractivity contribution in [1.29, 1.82) is 0 Å². The lowest BCUT2D eigenvalue weighted by Gasteiger charge is -2.14. The van der Waals surface area contributed by atoms with Gasteiger partial charge in [0.25, 0.3) is 0 Å². The van der Waals surface area contributed by atoms with Crippen LogP contribution < -0.4 is 0 Å². The van der Waals surface area contributed by atoms with Crippen LogP contribution in [0.4, 0.5) is 0 Å². The first-order valence-corrected chi connectivity index (χ1v) is 6.88. The van der Waals surface area contributed by atoms with Crippen LogP contribution in [0.15, 0.2) is 23.1 Å². The largest absolute Gasteiger partial charge is 0.480 e. The zero-order chi connectivity index (χ0) is 13.9. The normalized spacial score (nSPS) is 13.3. The SMILES string of the molecule is COCC(C(=O)O)S(=O)(=O)c1ccc(C)cc1C. The quantitative estimate of drug-likeness (QED) is 0.870. The predicted molar refractivity (Wildman–Crippen MR) is 66.4 cm³/mol. The van der Waals surface area contributed by atoms with Crippen molar-refractivity contribution in [2.45, 2.75) is 24.0 Å². The van der Waals surface area contributed by atoms with Crippen molar-refractivity contribution in [2.75, 3.05) is 13.7 Å². The third-order valence-corrected chi connectivity index (χ3v) is 4.76. The second kappa shape index (κ2) is 5.49. The van der Waals surface area contributed by atoms with Gasteiger partial charge in [0.2, 0.25) is 0 Å². The minimum atomic E-state index is -3.93. The summed E-state index contributed by atoms with van der Waals surface area (Å²) >= 11 is 0.